The van der Waals surface area contributed by atoms with E-state index in [2.05, 4.69) is 72.8 Å². The smallest absolute Gasteiger partial charge is 0.000706 e. The van der Waals surface area contributed by atoms with E-state index in [0.29, 0.717) is 0 Å². The first-order valence-electron chi connectivity index (χ1n) is 11.1. The fourth-order valence-electron chi connectivity index (χ4n) is 6.30. The maximum atomic E-state index is 2.45. The number of hydrogen-bond donors (Lipinski definition) is 0. The molecular weight excluding hydrogens is 360 g/mol. The molecule has 0 spiro atoms. The van der Waals surface area contributed by atoms with Crippen molar-refractivity contribution in [2.24, 2.45) is 0 Å². The van der Waals surface area contributed by atoms with Crippen LogP contribution in [0.3, 0.4) is 0 Å². The lowest BCUT2D eigenvalue weighted by molar-refractivity contribution is 1.24. The summed E-state index contributed by atoms with van der Waals surface area (Å²) < 4.78 is 0. The van der Waals surface area contributed by atoms with Crippen molar-refractivity contribution >= 4 is 22.9 Å². The second-order valence-electron chi connectivity index (χ2n) is 9.26. The van der Waals surface area contributed by atoms with Gasteiger partial charge < -0.3 is 0 Å². The van der Waals surface area contributed by atoms with Gasteiger partial charge in [0.1, 0.15) is 0 Å². The molecule has 8 rings (SSSR count). The molecule has 4 aromatic carbocycles. The first-order chi connectivity index (χ1) is 14.8. The maximum absolute atomic E-state index is 2.45. The van der Waals surface area contributed by atoms with Crippen molar-refractivity contribution in [2.45, 2.75) is 25.7 Å². The van der Waals surface area contributed by atoms with E-state index < -0.39 is 0 Å². The van der Waals surface area contributed by atoms with Crippen LogP contribution in [0.2, 0.25) is 0 Å². The van der Waals surface area contributed by atoms with Crippen molar-refractivity contribution in [1.29, 1.82) is 0 Å². The highest BCUT2D eigenvalue weighted by molar-refractivity contribution is 6.01. The minimum absolute atomic E-state index is 1.06. The van der Waals surface area contributed by atoms with Gasteiger partial charge >= 0.3 is 0 Å². The molecule has 30 heavy (non-hydrogen) atoms. The van der Waals surface area contributed by atoms with Crippen molar-refractivity contribution in [3.05, 3.63) is 105 Å². The third-order valence-corrected chi connectivity index (χ3v) is 7.74. The van der Waals surface area contributed by atoms with Crippen LogP contribution in [-0.2, 0) is 25.7 Å². The summed E-state index contributed by atoms with van der Waals surface area (Å²) in [5.74, 6) is 0. The van der Waals surface area contributed by atoms with Crippen molar-refractivity contribution < 1.29 is 0 Å². The summed E-state index contributed by atoms with van der Waals surface area (Å²) in [7, 11) is 0. The normalized spacial score (nSPS) is 15.9. The van der Waals surface area contributed by atoms with Gasteiger partial charge in [0.15, 0.2) is 0 Å². The van der Waals surface area contributed by atoms with E-state index in [4.69, 9.17) is 0 Å². The highest BCUT2D eigenvalue weighted by Gasteiger charge is 2.27. The second-order valence-corrected chi connectivity index (χ2v) is 9.26. The number of allylic oxidation sites excluding steroid dienone is 2. The summed E-state index contributed by atoms with van der Waals surface area (Å²) in [4.78, 5) is 0. The van der Waals surface area contributed by atoms with Crippen LogP contribution in [0.15, 0.2) is 60.7 Å². The SMILES string of the molecule is C1=Cc2cc3c(cc2C1)-c1ccc2c4c(ccc2c1C3)-c1cc2c(cc1C4)C=CC2. The van der Waals surface area contributed by atoms with Gasteiger partial charge in [-0.15, -0.1) is 0 Å². The van der Waals surface area contributed by atoms with Crippen LogP contribution in [0.5, 0.6) is 0 Å². The van der Waals surface area contributed by atoms with E-state index in [1.165, 1.54) is 77.5 Å². The van der Waals surface area contributed by atoms with Crippen LogP contribution >= 0.6 is 0 Å². The fraction of sp³-hybridized carbons (Fsp3) is 0.133. The van der Waals surface area contributed by atoms with Gasteiger partial charge in [0.05, 0.1) is 0 Å². The third-order valence-electron chi connectivity index (χ3n) is 7.74. The molecule has 0 saturated carbocycles. The van der Waals surface area contributed by atoms with Gasteiger partial charge in [0.2, 0.25) is 0 Å². The van der Waals surface area contributed by atoms with Gasteiger partial charge in [-0.25, -0.2) is 0 Å². The molecule has 0 fully saturated rings. The summed E-state index contributed by atoms with van der Waals surface area (Å²) in [5, 5.41) is 2.91. The zero-order valence-corrected chi connectivity index (χ0v) is 16.8. The minimum Gasteiger partial charge on any atom is -0.0795 e. The zero-order chi connectivity index (χ0) is 19.4. The Morgan fingerprint density at radius 2 is 0.967 bits per heavy atom. The van der Waals surface area contributed by atoms with Crippen LogP contribution in [0, 0.1) is 0 Å². The van der Waals surface area contributed by atoms with Crippen LogP contribution in [-0.4, -0.2) is 0 Å². The predicted molar refractivity (Wildman–Crippen MR) is 126 cm³/mol. The highest BCUT2D eigenvalue weighted by Crippen LogP contribution is 2.47. The topological polar surface area (TPSA) is 0 Å². The number of hydrogen-bond acceptors (Lipinski definition) is 0. The maximum Gasteiger partial charge on any atom is -0.000706 e. The average Bonchev–Trinajstić information content (AvgIpc) is 3.53. The predicted octanol–water partition coefficient (Wildman–Crippen LogP) is 7.12. The molecule has 0 aromatic heterocycles. The van der Waals surface area contributed by atoms with Crippen molar-refractivity contribution in [1.82, 2.24) is 0 Å². The number of rotatable bonds is 0. The second kappa shape index (κ2) is 5.21. The molecule has 0 nitrogen and oxygen atoms in total. The monoisotopic (exact) mass is 380 g/mol. The number of benzene rings is 4. The molecular formula is C30H20. The lowest BCUT2D eigenvalue weighted by Crippen LogP contribution is -1.89. The lowest BCUT2D eigenvalue weighted by atomic mass is 9.93. The Hall–Kier alpha value is -3.38. The van der Waals surface area contributed by atoms with E-state index >= 15 is 0 Å². The molecule has 140 valence electrons. The Labute approximate surface area is 176 Å². The summed E-state index contributed by atoms with van der Waals surface area (Å²) >= 11 is 0. The minimum atomic E-state index is 1.06. The summed E-state index contributed by atoms with van der Waals surface area (Å²) in [5.41, 5.74) is 17.7. The molecule has 4 aliphatic carbocycles. The summed E-state index contributed by atoms with van der Waals surface area (Å²) in [6, 6.07) is 19.3. The Morgan fingerprint density at radius 3 is 1.47 bits per heavy atom. The van der Waals surface area contributed by atoms with Gasteiger partial charge in [0.25, 0.3) is 0 Å². The Morgan fingerprint density at radius 1 is 0.467 bits per heavy atom. The van der Waals surface area contributed by atoms with Crippen LogP contribution in [0.4, 0.5) is 0 Å². The van der Waals surface area contributed by atoms with E-state index in [9.17, 15) is 0 Å². The van der Waals surface area contributed by atoms with Gasteiger partial charge in [-0.3, -0.25) is 0 Å². The molecule has 0 radical (unpaired) electrons. The van der Waals surface area contributed by atoms with Crippen LogP contribution < -0.4 is 0 Å². The molecule has 0 aliphatic heterocycles. The molecule has 0 heteroatoms. The molecule has 0 bridgehead atoms. The summed E-state index contributed by atoms with van der Waals surface area (Å²) in [6.07, 6.45) is 13.4. The van der Waals surface area contributed by atoms with E-state index in [-0.39, 0.29) is 0 Å². The largest absolute Gasteiger partial charge is 0.0795 e. The Kier molecular flexibility index (Phi) is 2.68. The lowest BCUT2D eigenvalue weighted by Gasteiger charge is -2.11. The van der Waals surface area contributed by atoms with Gasteiger partial charge in [-0.1, -0.05) is 60.7 Å². The number of fused-ring (bicyclic) bond motifs is 11. The molecule has 0 amide bonds. The Balaban J connectivity index is 1.33. The van der Waals surface area contributed by atoms with Crippen molar-refractivity contribution in [3.63, 3.8) is 0 Å². The molecule has 4 aliphatic rings. The van der Waals surface area contributed by atoms with E-state index in [0.717, 1.165) is 25.7 Å². The molecule has 0 unspecified atom stereocenters. The zero-order valence-electron chi connectivity index (χ0n) is 16.8. The molecule has 0 N–H and O–H groups in total. The van der Waals surface area contributed by atoms with E-state index in [1.54, 1.807) is 0 Å². The molecule has 0 atom stereocenters. The first kappa shape index (κ1) is 15.5. The summed E-state index contributed by atoms with van der Waals surface area (Å²) in [6.45, 7) is 0. The van der Waals surface area contributed by atoms with Gasteiger partial charge in [0, 0.05) is 0 Å². The standard InChI is InChI=1S/C30H20/c1-3-17-11-21-15-29-23-8-10-26-28-14-20-6-2-4-18(20)12-22(28)16-30(26)24(23)7-9-25(29)27(21)13-19(17)5-1/h1-4,7-14H,5-6,15-16H2. The Bertz CT molecular complexity index is 1410. The van der Waals surface area contributed by atoms with Crippen LogP contribution in [0.25, 0.3) is 45.2 Å². The highest BCUT2D eigenvalue weighted by atomic mass is 14.3. The van der Waals surface area contributed by atoms with Crippen LogP contribution in [0.1, 0.15) is 44.5 Å². The molecule has 4 aromatic rings. The third kappa shape index (κ3) is 1.83. The van der Waals surface area contributed by atoms with Crippen molar-refractivity contribution in [3.8, 4) is 22.3 Å². The van der Waals surface area contributed by atoms with Crippen molar-refractivity contribution in [2.75, 3.05) is 0 Å². The quantitative estimate of drug-likeness (QED) is 0.263. The van der Waals surface area contributed by atoms with Gasteiger partial charge in [-0.2, -0.15) is 0 Å². The average molecular weight is 380 g/mol. The van der Waals surface area contributed by atoms with Gasteiger partial charge in [-0.05, 0) is 115 Å². The van der Waals surface area contributed by atoms with E-state index in [1.807, 2.05) is 0 Å². The fourth-order valence-corrected chi connectivity index (χ4v) is 6.30. The molecule has 0 saturated heterocycles. The molecule has 0 heterocycles. The first-order valence-corrected chi connectivity index (χ1v) is 11.1.